The third kappa shape index (κ3) is 5.25. The molecule has 0 aliphatic carbocycles. The summed E-state index contributed by atoms with van der Waals surface area (Å²) < 4.78 is 31.6. The van der Waals surface area contributed by atoms with Gasteiger partial charge in [0.2, 0.25) is 15.9 Å². The van der Waals surface area contributed by atoms with Crippen LogP contribution in [0.4, 0.5) is 5.69 Å². The monoisotopic (exact) mass is 404 g/mol. The fraction of sp³-hybridized carbons (Fsp3) is 0.381. The largest absolute Gasteiger partial charge is 0.494 e. The molecule has 1 N–H and O–H groups in total. The molecular weight excluding hydrogens is 376 g/mol. The smallest absolute Gasteiger partial charge is 0.243 e. The second-order valence-corrected chi connectivity index (χ2v) is 8.62. The lowest BCUT2D eigenvalue weighted by molar-refractivity contribution is -0.122. The second-order valence-electron chi connectivity index (χ2n) is 6.76. The van der Waals surface area contributed by atoms with Gasteiger partial charge in [-0.05, 0) is 57.0 Å². The van der Waals surface area contributed by atoms with Crippen LogP contribution in [0.5, 0.6) is 5.75 Å². The number of aryl methyl sites for hydroxylation is 2. The van der Waals surface area contributed by atoms with Crippen molar-refractivity contribution in [2.75, 3.05) is 17.2 Å². The number of hydrogen-bond acceptors (Lipinski definition) is 4. The Morgan fingerprint density at radius 1 is 1.14 bits per heavy atom. The number of nitrogens with zero attached hydrogens (tertiary/aromatic N) is 1. The molecule has 1 amide bonds. The van der Waals surface area contributed by atoms with Gasteiger partial charge in [-0.25, -0.2) is 8.42 Å². The average molecular weight is 405 g/mol. The van der Waals surface area contributed by atoms with Gasteiger partial charge in [0, 0.05) is 12.1 Å². The third-order valence-corrected chi connectivity index (χ3v) is 5.80. The molecule has 0 aliphatic heterocycles. The van der Waals surface area contributed by atoms with Crippen molar-refractivity contribution in [3.05, 3.63) is 59.2 Å². The van der Waals surface area contributed by atoms with Crippen LogP contribution in [0.1, 0.15) is 30.5 Å². The molecule has 152 valence electrons. The summed E-state index contributed by atoms with van der Waals surface area (Å²) in [6, 6.07) is 11.9. The number of para-hydroxylation sites is 1. The predicted molar refractivity (Wildman–Crippen MR) is 112 cm³/mol. The quantitative estimate of drug-likeness (QED) is 0.733. The highest BCUT2D eigenvalue weighted by atomic mass is 32.2. The average Bonchev–Trinajstić information content (AvgIpc) is 2.63. The lowest BCUT2D eigenvalue weighted by Crippen LogP contribution is -2.47. The highest BCUT2D eigenvalue weighted by Gasteiger charge is 2.29. The van der Waals surface area contributed by atoms with Gasteiger partial charge in [0.15, 0.2) is 0 Å². The van der Waals surface area contributed by atoms with E-state index < -0.39 is 16.1 Å². The van der Waals surface area contributed by atoms with Crippen LogP contribution in [-0.4, -0.2) is 33.2 Å². The van der Waals surface area contributed by atoms with E-state index in [2.05, 4.69) is 5.32 Å². The Bertz CT molecular complexity index is 941. The summed E-state index contributed by atoms with van der Waals surface area (Å²) in [5, 5.41) is 2.82. The third-order valence-electron chi connectivity index (χ3n) is 4.56. The minimum atomic E-state index is -3.64. The first kappa shape index (κ1) is 21.8. The number of carbonyl (C=O) groups excluding carboxylic acids is 1. The molecule has 0 radical (unpaired) electrons. The number of nitrogens with one attached hydrogen (secondary N) is 1. The van der Waals surface area contributed by atoms with Crippen LogP contribution in [0.2, 0.25) is 0 Å². The van der Waals surface area contributed by atoms with Crippen LogP contribution < -0.4 is 14.4 Å². The fourth-order valence-corrected chi connectivity index (χ4v) is 4.11. The van der Waals surface area contributed by atoms with E-state index in [-0.39, 0.29) is 12.5 Å². The predicted octanol–water partition coefficient (Wildman–Crippen LogP) is 3.17. The Morgan fingerprint density at radius 2 is 1.82 bits per heavy atom. The zero-order chi connectivity index (χ0) is 20.9. The summed E-state index contributed by atoms with van der Waals surface area (Å²) in [5.74, 6) is 0.321. The zero-order valence-electron chi connectivity index (χ0n) is 17.0. The van der Waals surface area contributed by atoms with Gasteiger partial charge in [-0.3, -0.25) is 9.10 Å². The second kappa shape index (κ2) is 9.10. The first-order valence-electron chi connectivity index (χ1n) is 9.20. The molecule has 0 saturated carbocycles. The lowest BCUT2D eigenvalue weighted by atomic mass is 10.1. The van der Waals surface area contributed by atoms with Crippen LogP contribution in [-0.2, 0) is 21.4 Å². The lowest BCUT2D eigenvalue weighted by Gasteiger charge is -2.28. The number of amides is 1. The van der Waals surface area contributed by atoms with Crippen molar-refractivity contribution in [1.29, 1.82) is 0 Å². The van der Waals surface area contributed by atoms with Crippen molar-refractivity contribution < 1.29 is 17.9 Å². The number of ether oxygens (including phenoxy) is 1. The minimum absolute atomic E-state index is 0.254. The van der Waals surface area contributed by atoms with Crippen molar-refractivity contribution in [2.24, 2.45) is 0 Å². The van der Waals surface area contributed by atoms with E-state index in [0.717, 1.165) is 27.3 Å². The van der Waals surface area contributed by atoms with Gasteiger partial charge in [0.1, 0.15) is 11.8 Å². The summed E-state index contributed by atoms with van der Waals surface area (Å²) in [5.41, 5.74) is 3.33. The summed E-state index contributed by atoms with van der Waals surface area (Å²) in [6.07, 6.45) is 1.11. The molecule has 0 aliphatic rings. The Morgan fingerprint density at radius 3 is 2.43 bits per heavy atom. The Balaban J connectivity index is 2.22. The number of benzene rings is 2. The van der Waals surface area contributed by atoms with Crippen LogP contribution >= 0.6 is 0 Å². The molecule has 0 saturated heterocycles. The normalized spacial score (nSPS) is 12.3. The molecular formula is C21H28N2O4S. The molecule has 0 bridgehead atoms. The summed E-state index contributed by atoms with van der Waals surface area (Å²) in [7, 11) is -3.64. The van der Waals surface area contributed by atoms with Crippen molar-refractivity contribution >= 4 is 21.6 Å². The van der Waals surface area contributed by atoms with E-state index in [1.807, 2.05) is 51.1 Å². The van der Waals surface area contributed by atoms with Gasteiger partial charge in [-0.1, -0.05) is 24.3 Å². The molecule has 2 aromatic rings. The number of rotatable bonds is 8. The van der Waals surface area contributed by atoms with E-state index in [1.165, 1.54) is 0 Å². The number of carbonyl (C=O) groups is 1. The van der Waals surface area contributed by atoms with Crippen LogP contribution in [0.25, 0.3) is 0 Å². The fourth-order valence-electron chi connectivity index (χ4n) is 2.95. The molecule has 7 heteroatoms. The van der Waals surface area contributed by atoms with Crippen LogP contribution in [0, 0.1) is 13.8 Å². The SMILES string of the molecule is CCOc1ccccc1CNC(=O)[C@H](C)N(c1ccc(C)c(C)c1)S(C)(=O)=O. The van der Waals surface area contributed by atoms with E-state index in [0.29, 0.717) is 18.0 Å². The van der Waals surface area contributed by atoms with Gasteiger partial charge >= 0.3 is 0 Å². The van der Waals surface area contributed by atoms with Crippen molar-refractivity contribution in [2.45, 2.75) is 40.3 Å². The van der Waals surface area contributed by atoms with E-state index >= 15 is 0 Å². The molecule has 0 spiro atoms. The number of sulfonamides is 1. The van der Waals surface area contributed by atoms with Gasteiger partial charge in [-0.15, -0.1) is 0 Å². The van der Waals surface area contributed by atoms with Gasteiger partial charge in [0.25, 0.3) is 0 Å². The molecule has 0 unspecified atom stereocenters. The van der Waals surface area contributed by atoms with Crippen molar-refractivity contribution in [3.8, 4) is 5.75 Å². The Labute approximate surface area is 167 Å². The van der Waals surface area contributed by atoms with E-state index in [1.54, 1.807) is 19.1 Å². The summed E-state index contributed by atoms with van der Waals surface area (Å²) >= 11 is 0. The maximum Gasteiger partial charge on any atom is 0.243 e. The molecule has 0 heterocycles. The summed E-state index contributed by atoms with van der Waals surface area (Å²) in [4.78, 5) is 12.7. The van der Waals surface area contributed by atoms with E-state index in [4.69, 9.17) is 4.74 Å². The first-order chi connectivity index (χ1) is 13.1. The number of hydrogen-bond donors (Lipinski definition) is 1. The van der Waals surface area contributed by atoms with Crippen molar-refractivity contribution in [1.82, 2.24) is 5.32 Å². The minimum Gasteiger partial charge on any atom is -0.494 e. The van der Waals surface area contributed by atoms with Gasteiger partial charge < -0.3 is 10.1 Å². The molecule has 1 atom stereocenters. The highest BCUT2D eigenvalue weighted by Crippen LogP contribution is 2.24. The van der Waals surface area contributed by atoms with Crippen molar-refractivity contribution in [3.63, 3.8) is 0 Å². The zero-order valence-corrected chi connectivity index (χ0v) is 17.8. The Kier molecular flexibility index (Phi) is 7.07. The van der Waals surface area contributed by atoms with E-state index in [9.17, 15) is 13.2 Å². The summed E-state index contributed by atoms with van der Waals surface area (Å²) in [6.45, 7) is 8.12. The van der Waals surface area contributed by atoms with Gasteiger partial charge in [0.05, 0.1) is 18.6 Å². The first-order valence-corrected chi connectivity index (χ1v) is 11.0. The molecule has 2 rings (SSSR count). The standard InChI is InChI=1S/C21H28N2O4S/c1-6-27-20-10-8-7-9-18(20)14-22-21(24)17(4)23(28(5,25)26)19-12-11-15(2)16(3)13-19/h7-13,17H,6,14H2,1-5H3,(H,22,24)/t17-/m0/s1. The maximum atomic E-state index is 12.7. The molecule has 28 heavy (non-hydrogen) atoms. The molecule has 0 aromatic heterocycles. The van der Waals surface area contributed by atoms with Crippen LogP contribution in [0.15, 0.2) is 42.5 Å². The van der Waals surface area contributed by atoms with Crippen LogP contribution in [0.3, 0.4) is 0 Å². The Hall–Kier alpha value is -2.54. The molecule has 0 fully saturated rings. The maximum absolute atomic E-state index is 12.7. The number of anilines is 1. The highest BCUT2D eigenvalue weighted by molar-refractivity contribution is 7.92. The molecule has 6 nitrogen and oxygen atoms in total. The molecule has 2 aromatic carbocycles. The topological polar surface area (TPSA) is 75.7 Å². The van der Waals surface area contributed by atoms with Gasteiger partial charge in [-0.2, -0.15) is 0 Å².